The monoisotopic (exact) mass is 356 g/mol. The predicted octanol–water partition coefficient (Wildman–Crippen LogP) is 4.10. The van der Waals surface area contributed by atoms with Gasteiger partial charge >= 0.3 is 0 Å². The van der Waals surface area contributed by atoms with Crippen LogP contribution in [0.15, 0.2) is 15.9 Å². The molecule has 3 aromatic rings. The molecule has 0 amide bonds. The second-order valence-electron chi connectivity index (χ2n) is 4.31. The number of aryl methyl sites for hydroxylation is 2. The lowest BCUT2D eigenvalue weighted by Crippen LogP contribution is -2.05. The fourth-order valence-electron chi connectivity index (χ4n) is 2.21. The molecule has 3 aromatic heterocycles. The fourth-order valence-corrected chi connectivity index (χ4v) is 3.93. The molecular weight excluding hydrogens is 344 g/mol. The van der Waals surface area contributed by atoms with Crippen molar-refractivity contribution < 1.29 is 0 Å². The molecule has 0 aliphatic heterocycles. The molecule has 0 fully saturated rings. The minimum Gasteiger partial charge on any atom is -0.328 e. The maximum Gasteiger partial charge on any atom is 0.179 e. The largest absolute Gasteiger partial charge is 0.328 e. The van der Waals surface area contributed by atoms with Crippen LogP contribution < -0.4 is 0 Å². The minimum absolute atomic E-state index is 0.748. The van der Waals surface area contributed by atoms with Crippen molar-refractivity contribution in [1.82, 2.24) is 19.3 Å². The van der Waals surface area contributed by atoms with E-state index in [9.17, 15) is 0 Å². The number of imidazole rings is 1. The third-order valence-corrected chi connectivity index (χ3v) is 5.36. The summed E-state index contributed by atoms with van der Waals surface area (Å²) < 4.78 is 5.99. The Morgan fingerprint density at radius 2 is 2.32 bits per heavy atom. The SMILES string of the molecule is CCn1nc(C)c2[nH]c(=S)n(Cc3sccc3Br)c21. The van der Waals surface area contributed by atoms with E-state index >= 15 is 0 Å². The second kappa shape index (κ2) is 4.88. The van der Waals surface area contributed by atoms with Gasteiger partial charge in [-0.1, -0.05) is 0 Å². The first kappa shape index (κ1) is 13.1. The van der Waals surface area contributed by atoms with Gasteiger partial charge in [0.2, 0.25) is 0 Å². The molecule has 0 aliphatic rings. The lowest BCUT2D eigenvalue weighted by Gasteiger charge is -2.05. The van der Waals surface area contributed by atoms with Crippen LogP contribution in [0.5, 0.6) is 0 Å². The predicted molar refractivity (Wildman–Crippen MR) is 84.4 cm³/mol. The van der Waals surface area contributed by atoms with E-state index in [1.54, 1.807) is 11.3 Å². The molecule has 0 unspecified atom stereocenters. The highest BCUT2D eigenvalue weighted by atomic mass is 79.9. The van der Waals surface area contributed by atoms with Crippen LogP contribution in [0.2, 0.25) is 0 Å². The summed E-state index contributed by atoms with van der Waals surface area (Å²) in [6.45, 7) is 5.70. The first-order valence-corrected chi connectivity index (χ1v) is 8.07. The van der Waals surface area contributed by atoms with Gasteiger partial charge in [-0.15, -0.1) is 11.3 Å². The number of nitrogens with one attached hydrogen (secondary N) is 1. The molecule has 4 nitrogen and oxygen atoms in total. The summed E-state index contributed by atoms with van der Waals surface area (Å²) in [6.07, 6.45) is 0. The fraction of sp³-hybridized carbons (Fsp3) is 0.333. The van der Waals surface area contributed by atoms with Crippen LogP contribution in [0.4, 0.5) is 0 Å². The van der Waals surface area contributed by atoms with Crippen LogP contribution in [0, 0.1) is 11.7 Å². The van der Waals surface area contributed by atoms with Gasteiger partial charge < -0.3 is 4.98 Å². The molecule has 1 N–H and O–H groups in total. The Morgan fingerprint density at radius 3 is 2.95 bits per heavy atom. The van der Waals surface area contributed by atoms with E-state index in [-0.39, 0.29) is 0 Å². The first-order valence-electron chi connectivity index (χ1n) is 5.99. The van der Waals surface area contributed by atoms with Crippen LogP contribution >= 0.6 is 39.5 Å². The third-order valence-electron chi connectivity index (χ3n) is 3.13. The number of hydrogen-bond acceptors (Lipinski definition) is 3. The van der Waals surface area contributed by atoms with Crippen molar-refractivity contribution >= 4 is 50.6 Å². The summed E-state index contributed by atoms with van der Waals surface area (Å²) in [6, 6.07) is 2.07. The summed E-state index contributed by atoms with van der Waals surface area (Å²) in [4.78, 5) is 4.53. The molecule has 0 aliphatic carbocycles. The van der Waals surface area contributed by atoms with Gasteiger partial charge in [0.25, 0.3) is 0 Å². The molecule has 0 aromatic carbocycles. The Morgan fingerprint density at radius 1 is 1.53 bits per heavy atom. The van der Waals surface area contributed by atoms with Crippen LogP contribution in [-0.2, 0) is 13.1 Å². The van der Waals surface area contributed by atoms with E-state index in [2.05, 4.69) is 48.9 Å². The molecule has 0 radical (unpaired) electrons. The molecule has 7 heteroatoms. The average Bonchev–Trinajstić information content (AvgIpc) is 3.01. The average molecular weight is 357 g/mol. The highest BCUT2D eigenvalue weighted by Crippen LogP contribution is 2.26. The van der Waals surface area contributed by atoms with Crippen molar-refractivity contribution in [2.75, 3.05) is 0 Å². The zero-order valence-corrected chi connectivity index (χ0v) is 13.8. The van der Waals surface area contributed by atoms with Crippen LogP contribution in [-0.4, -0.2) is 19.3 Å². The smallest absolute Gasteiger partial charge is 0.179 e. The number of halogens is 1. The maximum absolute atomic E-state index is 5.45. The molecular formula is C12H13BrN4S2. The normalized spacial score (nSPS) is 11.5. The molecule has 0 spiro atoms. The molecule has 3 rings (SSSR count). The number of aromatic amines is 1. The van der Waals surface area contributed by atoms with E-state index in [1.807, 2.05) is 11.6 Å². The first-order chi connectivity index (χ1) is 9.11. The van der Waals surface area contributed by atoms with E-state index in [4.69, 9.17) is 12.2 Å². The van der Waals surface area contributed by atoms with Gasteiger partial charge in [-0.3, -0.25) is 4.57 Å². The van der Waals surface area contributed by atoms with Crippen molar-refractivity contribution in [3.8, 4) is 0 Å². The van der Waals surface area contributed by atoms with Crippen LogP contribution in [0.3, 0.4) is 0 Å². The Balaban J connectivity index is 2.20. The zero-order chi connectivity index (χ0) is 13.6. The Labute approximate surface area is 128 Å². The van der Waals surface area contributed by atoms with Gasteiger partial charge in [-0.05, 0) is 53.4 Å². The third kappa shape index (κ3) is 2.09. The molecule has 3 heterocycles. The summed E-state index contributed by atoms with van der Waals surface area (Å²) >= 11 is 10.7. The summed E-state index contributed by atoms with van der Waals surface area (Å²) in [5, 5.41) is 6.61. The molecule has 19 heavy (non-hydrogen) atoms. The molecule has 0 bridgehead atoms. The number of H-pyrrole nitrogens is 1. The summed E-state index contributed by atoms with van der Waals surface area (Å²) in [5.74, 6) is 0. The van der Waals surface area contributed by atoms with Crippen molar-refractivity contribution in [3.05, 3.63) is 31.3 Å². The van der Waals surface area contributed by atoms with Gasteiger partial charge in [0.1, 0.15) is 5.52 Å². The number of nitrogens with zero attached hydrogens (tertiary/aromatic N) is 3. The Bertz CT molecular complexity index is 792. The van der Waals surface area contributed by atoms with E-state index in [0.717, 1.165) is 39.2 Å². The zero-order valence-electron chi connectivity index (χ0n) is 10.6. The van der Waals surface area contributed by atoms with Gasteiger partial charge in [-0.25, -0.2) is 4.68 Å². The summed E-state index contributed by atoms with van der Waals surface area (Å²) in [7, 11) is 0. The quantitative estimate of drug-likeness (QED) is 0.717. The van der Waals surface area contributed by atoms with E-state index in [1.165, 1.54) is 4.88 Å². The maximum atomic E-state index is 5.45. The number of fused-ring (bicyclic) bond motifs is 1. The number of hydrogen-bond donors (Lipinski definition) is 1. The van der Waals surface area contributed by atoms with Gasteiger partial charge in [0.15, 0.2) is 10.4 Å². The number of rotatable bonds is 3. The Kier molecular flexibility index (Phi) is 3.36. The summed E-state index contributed by atoms with van der Waals surface area (Å²) in [5.41, 5.74) is 3.11. The van der Waals surface area contributed by atoms with Gasteiger partial charge in [-0.2, -0.15) is 5.10 Å². The highest BCUT2D eigenvalue weighted by Gasteiger charge is 2.15. The number of aromatic nitrogens is 4. The second-order valence-corrected chi connectivity index (χ2v) is 6.55. The topological polar surface area (TPSA) is 38.5 Å². The van der Waals surface area contributed by atoms with Crippen molar-refractivity contribution in [1.29, 1.82) is 0 Å². The minimum atomic E-state index is 0.748. The highest BCUT2D eigenvalue weighted by molar-refractivity contribution is 9.10. The number of thiophene rings is 1. The van der Waals surface area contributed by atoms with Gasteiger partial charge in [0.05, 0.1) is 12.2 Å². The van der Waals surface area contributed by atoms with Crippen molar-refractivity contribution in [2.45, 2.75) is 26.9 Å². The van der Waals surface area contributed by atoms with Crippen molar-refractivity contribution in [3.63, 3.8) is 0 Å². The van der Waals surface area contributed by atoms with Gasteiger partial charge in [0, 0.05) is 15.9 Å². The lowest BCUT2D eigenvalue weighted by molar-refractivity contribution is 0.644. The van der Waals surface area contributed by atoms with Crippen LogP contribution in [0.1, 0.15) is 17.5 Å². The molecule has 0 saturated heterocycles. The molecule has 100 valence electrons. The van der Waals surface area contributed by atoms with E-state index in [0.29, 0.717) is 0 Å². The van der Waals surface area contributed by atoms with E-state index < -0.39 is 0 Å². The Hall–Kier alpha value is -0.920. The molecule has 0 atom stereocenters. The standard InChI is InChI=1S/C12H13BrN4S2/c1-3-17-11-10(7(2)15-17)14-12(18)16(11)6-9-8(13)4-5-19-9/h4-5H,3,6H2,1-2H3,(H,14,18). The van der Waals surface area contributed by atoms with Crippen molar-refractivity contribution in [2.24, 2.45) is 0 Å². The molecule has 0 saturated carbocycles. The lowest BCUT2D eigenvalue weighted by atomic mass is 10.4. The van der Waals surface area contributed by atoms with Crippen LogP contribution in [0.25, 0.3) is 11.2 Å².